The molecule has 0 spiro atoms. The van der Waals surface area contributed by atoms with Crippen LogP contribution in [0.15, 0.2) is 65.8 Å². The highest BCUT2D eigenvalue weighted by molar-refractivity contribution is 7.99. The van der Waals surface area contributed by atoms with Crippen molar-refractivity contribution in [3.8, 4) is 22.8 Å². The van der Waals surface area contributed by atoms with E-state index in [9.17, 15) is 20.0 Å². The summed E-state index contributed by atoms with van der Waals surface area (Å²) >= 11 is 1.20. The van der Waals surface area contributed by atoms with Crippen LogP contribution in [-0.4, -0.2) is 36.5 Å². The lowest BCUT2D eigenvalue weighted by Gasteiger charge is -2.14. The molecule has 3 aromatic carbocycles. The van der Waals surface area contributed by atoms with Crippen LogP contribution in [0.3, 0.4) is 0 Å². The number of hydrogen-bond donors (Lipinski definition) is 2. The number of non-ortho nitro benzene ring substituents is 1. The smallest absolute Gasteiger partial charge is 0.269 e. The normalized spacial score (nSPS) is 10.8. The van der Waals surface area contributed by atoms with Gasteiger partial charge in [0.2, 0.25) is 5.91 Å². The van der Waals surface area contributed by atoms with Gasteiger partial charge in [-0.2, -0.15) is 0 Å². The molecule has 0 fully saturated rings. The molecule has 0 radical (unpaired) electrons. The number of phenolic OH excluding ortho intramolecular Hbond substituents is 1. The number of carbonyl (C=O) groups excluding carboxylic acids is 1. The molecule has 0 bridgehead atoms. The maximum atomic E-state index is 12.7. The lowest BCUT2D eigenvalue weighted by atomic mass is 10.1. The standard InChI is InChI=1S/C25H23N5O4S/c1-15-8-11-21(17(3)12-15)29-24(19-6-4-5-7-22(19)31)27-28-25(29)35-14-23(32)26-20-10-9-18(30(33)34)13-16(20)2/h4-13,31H,14H2,1-3H3,(H,26,32). The Labute approximate surface area is 206 Å². The molecule has 1 aromatic heterocycles. The van der Waals surface area contributed by atoms with Crippen molar-refractivity contribution in [3.63, 3.8) is 0 Å². The number of aromatic hydroxyl groups is 1. The molecule has 10 heteroatoms. The van der Waals surface area contributed by atoms with Crippen LogP contribution in [0.5, 0.6) is 5.75 Å². The first kappa shape index (κ1) is 24.0. The van der Waals surface area contributed by atoms with Gasteiger partial charge in [0, 0.05) is 17.8 Å². The molecule has 1 heterocycles. The number of thioether (sulfide) groups is 1. The van der Waals surface area contributed by atoms with Crippen molar-refractivity contribution in [2.24, 2.45) is 0 Å². The molecular weight excluding hydrogens is 466 g/mol. The van der Waals surface area contributed by atoms with E-state index in [2.05, 4.69) is 15.5 Å². The lowest BCUT2D eigenvalue weighted by Crippen LogP contribution is -2.15. The number of para-hydroxylation sites is 1. The van der Waals surface area contributed by atoms with E-state index in [-0.39, 0.29) is 23.1 Å². The topological polar surface area (TPSA) is 123 Å². The van der Waals surface area contributed by atoms with Gasteiger partial charge in [0.15, 0.2) is 11.0 Å². The molecule has 0 saturated carbocycles. The Morgan fingerprint density at radius 3 is 2.51 bits per heavy atom. The van der Waals surface area contributed by atoms with Gasteiger partial charge in [-0.25, -0.2) is 0 Å². The fourth-order valence-corrected chi connectivity index (χ4v) is 4.44. The number of rotatable bonds is 7. The zero-order valence-corrected chi connectivity index (χ0v) is 20.2. The minimum Gasteiger partial charge on any atom is -0.507 e. The second kappa shape index (κ2) is 9.98. The Bertz CT molecular complexity index is 1430. The number of nitro benzene ring substituents is 1. The van der Waals surface area contributed by atoms with Crippen molar-refractivity contribution < 1.29 is 14.8 Å². The first-order valence-corrected chi connectivity index (χ1v) is 11.7. The number of nitrogens with zero attached hydrogens (tertiary/aromatic N) is 4. The summed E-state index contributed by atoms with van der Waals surface area (Å²) in [6.07, 6.45) is 0. The van der Waals surface area contributed by atoms with E-state index in [1.165, 1.54) is 30.0 Å². The van der Waals surface area contributed by atoms with Crippen molar-refractivity contribution in [2.45, 2.75) is 25.9 Å². The van der Waals surface area contributed by atoms with Crippen molar-refractivity contribution in [1.82, 2.24) is 14.8 Å². The van der Waals surface area contributed by atoms with Crippen LogP contribution in [-0.2, 0) is 4.79 Å². The summed E-state index contributed by atoms with van der Waals surface area (Å²) < 4.78 is 1.83. The number of nitrogens with one attached hydrogen (secondary N) is 1. The van der Waals surface area contributed by atoms with E-state index >= 15 is 0 Å². The fraction of sp³-hybridized carbons (Fsp3) is 0.160. The van der Waals surface area contributed by atoms with Crippen LogP contribution in [0, 0.1) is 30.9 Å². The SMILES string of the molecule is Cc1ccc(-n2c(SCC(=O)Nc3ccc([N+](=O)[O-])cc3C)nnc2-c2ccccc2O)c(C)c1. The summed E-state index contributed by atoms with van der Waals surface area (Å²) in [5, 5.41) is 33.3. The molecule has 4 rings (SSSR count). The highest BCUT2D eigenvalue weighted by Crippen LogP contribution is 2.34. The first-order chi connectivity index (χ1) is 16.7. The van der Waals surface area contributed by atoms with Gasteiger partial charge >= 0.3 is 0 Å². The molecule has 4 aromatic rings. The van der Waals surface area contributed by atoms with Crippen molar-refractivity contribution in [1.29, 1.82) is 0 Å². The molecule has 0 saturated heterocycles. The van der Waals surface area contributed by atoms with Crippen LogP contribution in [0.25, 0.3) is 17.1 Å². The fourth-order valence-electron chi connectivity index (χ4n) is 3.69. The number of amides is 1. The average Bonchev–Trinajstić information content (AvgIpc) is 3.22. The highest BCUT2D eigenvalue weighted by Gasteiger charge is 2.20. The highest BCUT2D eigenvalue weighted by atomic mass is 32.2. The predicted octanol–water partition coefficient (Wildman–Crippen LogP) is 5.20. The third-order valence-electron chi connectivity index (χ3n) is 5.40. The molecule has 0 atom stereocenters. The van der Waals surface area contributed by atoms with Crippen LogP contribution < -0.4 is 5.32 Å². The second-order valence-corrected chi connectivity index (χ2v) is 8.98. The molecule has 1 amide bonds. The average molecular weight is 490 g/mol. The summed E-state index contributed by atoms with van der Waals surface area (Å²) in [5.74, 6) is 0.296. The van der Waals surface area contributed by atoms with Gasteiger partial charge in [0.25, 0.3) is 5.69 Å². The maximum absolute atomic E-state index is 12.7. The largest absolute Gasteiger partial charge is 0.507 e. The van der Waals surface area contributed by atoms with Gasteiger partial charge in [-0.15, -0.1) is 10.2 Å². The third kappa shape index (κ3) is 5.17. The molecule has 0 aliphatic carbocycles. The number of anilines is 1. The number of phenols is 1. The summed E-state index contributed by atoms with van der Waals surface area (Å²) in [5.41, 5.74) is 4.54. The molecule has 0 unspecified atom stereocenters. The van der Waals surface area contributed by atoms with E-state index in [4.69, 9.17) is 0 Å². The van der Waals surface area contributed by atoms with Crippen molar-refractivity contribution in [3.05, 3.63) is 87.5 Å². The van der Waals surface area contributed by atoms with E-state index in [0.717, 1.165) is 16.8 Å². The molecule has 2 N–H and O–H groups in total. The van der Waals surface area contributed by atoms with Crippen LogP contribution in [0.2, 0.25) is 0 Å². The molecule has 35 heavy (non-hydrogen) atoms. The lowest BCUT2D eigenvalue weighted by molar-refractivity contribution is -0.384. The Kier molecular flexibility index (Phi) is 6.83. The molecular formula is C25H23N5O4S. The minimum atomic E-state index is -0.476. The van der Waals surface area contributed by atoms with E-state index in [1.54, 1.807) is 25.1 Å². The summed E-state index contributed by atoms with van der Waals surface area (Å²) in [4.78, 5) is 23.2. The van der Waals surface area contributed by atoms with Gasteiger partial charge < -0.3 is 10.4 Å². The number of carbonyl (C=O) groups is 1. The van der Waals surface area contributed by atoms with Crippen LogP contribution in [0.1, 0.15) is 16.7 Å². The van der Waals surface area contributed by atoms with Gasteiger partial charge in [-0.3, -0.25) is 19.5 Å². The van der Waals surface area contributed by atoms with E-state index in [0.29, 0.717) is 27.8 Å². The van der Waals surface area contributed by atoms with E-state index < -0.39 is 4.92 Å². The summed E-state index contributed by atoms with van der Waals surface area (Å²) in [6, 6.07) is 17.2. The molecule has 9 nitrogen and oxygen atoms in total. The number of aryl methyl sites for hydroxylation is 3. The van der Waals surface area contributed by atoms with Gasteiger partial charge in [-0.1, -0.05) is 41.6 Å². The predicted molar refractivity (Wildman–Crippen MR) is 135 cm³/mol. The monoisotopic (exact) mass is 489 g/mol. The zero-order valence-electron chi connectivity index (χ0n) is 19.3. The quantitative estimate of drug-likeness (QED) is 0.208. The van der Waals surface area contributed by atoms with Gasteiger partial charge in [0.1, 0.15) is 5.75 Å². The zero-order chi connectivity index (χ0) is 25.1. The molecule has 178 valence electrons. The Balaban J connectivity index is 1.62. The maximum Gasteiger partial charge on any atom is 0.269 e. The van der Waals surface area contributed by atoms with Crippen LogP contribution in [0.4, 0.5) is 11.4 Å². The van der Waals surface area contributed by atoms with Crippen molar-refractivity contribution in [2.75, 3.05) is 11.1 Å². The minimum absolute atomic E-state index is 0.0341. The number of hydrogen-bond acceptors (Lipinski definition) is 7. The van der Waals surface area contributed by atoms with Gasteiger partial charge in [0.05, 0.1) is 21.9 Å². The number of aromatic nitrogens is 3. The van der Waals surface area contributed by atoms with Gasteiger partial charge in [-0.05, 0) is 56.2 Å². The second-order valence-electron chi connectivity index (χ2n) is 8.04. The number of benzene rings is 3. The summed E-state index contributed by atoms with van der Waals surface area (Å²) in [6.45, 7) is 5.69. The van der Waals surface area contributed by atoms with Crippen molar-refractivity contribution >= 4 is 29.0 Å². The van der Waals surface area contributed by atoms with E-state index in [1.807, 2.05) is 42.7 Å². The Morgan fingerprint density at radius 2 is 1.83 bits per heavy atom. The number of nitro groups is 1. The summed E-state index contributed by atoms with van der Waals surface area (Å²) in [7, 11) is 0. The third-order valence-corrected chi connectivity index (χ3v) is 6.33. The first-order valence-electron chi connectivity index (χ1n) is 10.7. The van der Waals surface area contributed by atoms with Crippen LogP contribution >= 0.6 is 11.8 Å². The Hall–Kier alpha value is -4.18. The Morgan fingerprint density at radius 1 is 1.06 bits per heavy atom. The molecule has 0 aliphatic heterocycles. The molecule has 0 aliphatic rings.